The summed E-state index contributed by atoms with van der Waals surface area (Å²) < 4.78 is 0. The molecule has 1 aromatic carbocycles. The normalized spacial score (nSPS) is 18.7. The minimum Gasteiger partial charge on any atom is -0.378 e. The van der Waals surface area contributed by atoms with Gasteiger partial charge in [0.2, 0.25) is 5.91 Å². The van der Waals surface area contributed by atoms with Crippen molar-refractivity contribution >= 4 is 11.6 Å². The number of hydrogen-bond acceptors (Lipinski definition) is 4. The molecule has 0 spiro atoms. The monoisotopic (exact) mass is 332 g/mol. The molecule has 2 rings (SSSR count). The lowest BCUT2D eigenvalue weighted by molar-refractivity contribution is -0.132. The molecule has 1 heterocycles. The van der Waals surface area contributed by atoms with Crippen molar-refractivity contribution < 1.29 is 4.79 Å². The Balaban J connectivity index is 1.85. The summed E-state index contributed by atoms with van der Waals surface area (Å²) in [5.74, 6) is 0.200. The SMILES string of the molecule is CN(Cc1ccc(N(C)C)cc1)C(=O)CN1CCCC(N(C)C)C1. The number of carbonyl (C=O) groups is 1. The molecule has 0 bridgehead atoms. The molecule has 5 heteroatoms. The number of piperidine rings is 1. The van der Waals surface area contributed by atoms with Crippen molar-refractivity contribution in [2.24, 2.45) is 0 Å². The van der Waals surface area contributed by atoms with E-state index in [-0.39, 0.29) is 5.91 Å². The van der Waals surface area contributed by atoms with E-state index in [1.807, 2.05) is 26.0 Å². The van der Waals surface area contributed by atoms with E-state index in [0.717, 1.165) is 13.1 Å². The first-order chi connectivity index (χ1) is 11.4. The highest BCUT2D eigenvalue weighted by Gasteiger charge is 2.23. The van der Waals surface area contributed by atoms with E-state index in [4.69, 9.17) is 0 Å². The Morgan fingerprint density at radius 2 is 1.79 bits per heavy atom. The third-order valence-electron chi connectivity index (χ3n) is 4.87. The molecule has 5 nitrogen and oxygen atoms in total. The van der Waals surface area contributed by atoms with Crippen LogP contribution in [0.3, 0.4) is 0 Å². The number of amides is 1. The number of likely N-dealkylation sites (tertiary alicyclic amines) is 1. The van der Waals surface area contributed by atoms with Crippen LogP contribution in [0, 0.1) is 0 Å². The van der Waals surface area contributed by atoms with Crippen molar-refractivity contribution in [3.05, 3.63) is 29.8 Å². The summed E-state index contributed by atoms with van der Waals surface area (Å²) in [6.45, 7) is 3.21. The van der Waals surface area contributed by atoms with E-state index >= 15 is 0 Å². The molecule has 134 valence electrons. The standard InChI is InChI=1S/C19H32N4O/c1-20(2)17-10-8-16(9-11-17)13-22(5)19(24)15-23-12-6-7-18(14-23)21(3)4/h8-11,18H,6-7,12-15H2,1-5H3. The van der Waals surface area contributed by atoms with E-state index in [1.54, 1.807) is 0 Å². The Hall–Kier alpha value is -1.59. The molecule has 0 aromatic heterocycles. The zero-order valence-electron chi connectivity index (χ0n) is 15.8. The van der Waals surface area contributed by atoms with E-state index < -0.39 is 0 Å². The van der Waals surface area contributed by atoms with Gasteiger partial charge < -0.3 is 14.7 Å². The van der Waals surface area contributed by atoms with Gasteiger partial charge in [-0.2, -0.15) is 0 Å². The van der Waals surface area contributed by atoms with Crippen molar-refractivity contribution in [1.82, 2.24) is 14.7 Å². The highest BCUT2D eigenvalue weighted by atomic mass is 16.2. The van der Waals surface area contributed by atoms with Crippen LogP contribution < -0.4 is 4.90 Å². The molecule has 1 aromatic rings. The van der Waals surface area contributed by atoms with Crippen molar-refractivity contribution in [1.29, 1.82) is 0 Å². The second-order valence-corrected chi connectivity index (χ2v) is 7.31. The van der Waals surface area contributed by atoms with Crippen LogP contribution in [-0.2, 0) is 11.3 Å². The Morgan fingerprint density at radius 3 is 2.38 bits per heavy atom. The van der Waals surface area contributed by atoms with Crippen LogP contribution in [-0.4, -0.2) is 81.5 Å². The first-order valence-electron chi connectivity index (χ1n) is 8.76. The fourth-order valence-corrected chi connectivity index (χ4v) is 3.17. The van der Waals surface area contributed by atoms with Crippen LogP contribution in [0.15, 0.2) is 24.3 Å². The Kier molecular flexibility index (Phi) is 6.63. The van der Waals surface area contributed by atoms with E-state index in [9.17, 15) is 4.79 Å². The van der Waals surface area contributed by atoms with Crippen molar-refractivity contribution in [3.63, 3.8) is 0 Å². The molecule has 1 saturated heterocycles. The number of anilines is 1. The first kappa shape index (κ1) is 18.7. The number of benzene rings is 1. The van der Waals surface area contributed by atoms with E-state index in [0.29, 0.717) is 19.1 Å². The zero-order valence-corrected chi connectivity index (χ0v) is 15.8. The summed E-state index contributed by atoms with van der Waals surface area (Å²) in [6, 6.07) is 8.96. The van der Waals surface area contributed by atoms with Crippen molar-refractivity contribution in [2.75, 3.05) is 59.8 Å². The lowest BCUT2D eigenvalue weighted by atomic mass is 10.0. The first-order valence-corrected chi connectivity index (χ1v) is 8.76. The number of hydrogen-bond donors (Lipinski definition) is 0. The van der Waals surface area contributed by atoms with Crippen LogP contribution in [0.2, 0.25) is 0 Å². The van der Waals surface area contributed by atoms with Gasteiger partial charge in [-0.25, -0.2) is 0 Å². The Bertz CT molecular complexity index is 527. The van der Waals surface area contributed by atoms with Gasteiger partial charge in [0, 0.05) is 46.0 Å². The summed E-state index contributed by atoms with van der Waals surface area (Å²) in [7, 11) is 10.2. The molecular formula is C19H32N4O. The highest BCUT2D eigenvalue weighted by molar-refractivity contribution is 5.78. The van der Waals surface area contributed by atoms with Crippen LogP contribution in [0.25, 0.3) is 0 Å². The number of carbonyl (C=O) groups excluding carboxylic acids is 1. The maximum absolute atomic E-state index is 12.5. The van der Waals surface area contributed by atoms with Crippen LogP contribution >= 0.6 is 0 Å². The lowest BCUT2D eigenvalue weighted by Gasteiger charge is -2.36. The molecular weight excluding hydrogens is 300 g/mol. The molecule has 1 unspecified atom stereocenters. The number of likely N-dealkylation sites (N-methyl/N-ethyl adjacent to an activating group) is 2. The van der Waals surface area contributed by atoms with Gasteiger partial charge in [0.1, 0.15) is 0 Å². The third kappa shape index (κ3) is 5.21. The van der Waals surface area contributed by atoms with Crippen molar-refractivity contribution in [3.8, 4) is 0 Å². The summed E-state index contributed by atoms with van der Waals surface area (Å²) in [5, 5.41) is 0. The van der Waals surface area contributed by atoms with Gasteiger partial charge in [0.15, 0.2) is 0 Å². The molecule has 0 aliphatic carbocycles. The fraction of sp³-hybridized carbons (Fsp3) is 0.632. The minimum atomic E-state index is 0.200. The van der Waals surface area contributed by atoms with E-state index in [1.165, 1.54) is 24.1 Å². The maximum atomic E-state index is 12.5. The molecule has 1 atom stereocenters. The van der Waals surface area contributed by atoms with Crippen LogP contribution in [0.5, 0.6) is 0 Å². The average molecular weight is 332 g/mol. The molecule has 24 heavy (non-hydrogen) atoms. The molecule has 1 amide bonds. The van der Waals surface area contributed by atoms with Gasteiger partial charge in [-0.05, 0) is 51.2 Å². The Labute approximate surface area is 146 Å². The predicted molar refractivity (Wildman–Crippen MR) is 100 cm³/mol. The molecule has 1 aliphatic heterocycles. The van der Waals surface area contributed by atoms with Gasteiger partial charge >= 0.3 is 0 Å². The zero-order chi connectivity index (χ0) is 17.7. The van der Waals surface area contributed by atoms with Crippen LogP contribution in [0.1, 0.15) is 18.4 Å². The largest absolute Gasteiger partial charge is 0.378 e. The fourth-order valence-electron chi connectivity index (χ4n) is 3.17. The van der Waals surface area contributed by atoms with Gasteiger partial charge in [0.05, 0.1) is 6.54 Å². The lowest BCUT2D eigenvalue weighted by Crippen LogP contribution is -2.48. The average Bonchev–Trinajstić information content (AvgIpc) is 2.55. The van der Waals surface area contributed by atoms with E-state index in [2.05, 4.69) is 53.1 Å². The Morgan fingerprint density at radius 1 is 1.12 bits per heavy atom. The third-order valence-corrected chi connectivity index (χ3v) is 4.87. The number of nitrogens with zero attached hydrogens (tertiary/aromatic N) is 4. The quantitative estimate of drug-likeness (QED) is 0.794. The second kappa shape index (κ2) is 8.49. The summed E-state index contributed by atoms with van der Waals surface area (Å²) >= 11 is 0. The van der Waals surface area contributed by atoms with Gasteiger partial charge in [0.25, 0.3) is 0 Å². The summed E-state index contributed by atoms with van der Waals surface area (Å²) in [4.78, 5) is 21.0. The molecule has 0 N–H and O–H groups in total. The van der Waals surface area contributed by atoms with Crippen molar-refractivity contribution in [2.45, 2.75) is 25.4 Å². The predicted octanol–water partition coefficient (Wildman–Crippen LogP) is 1.74. The second-order valence-electron chi connectivity index (χ2n) is 7.31. The summed E-state index contributed by atoms with van der Waals surface area (Å²) in [5.41, 5.74) is 2.34. The molecule has 0 radical (unpaired) electrons. The molecule has 1 aliphatic rings. The van der Waals surface area contributed by atoms with Crippen LogP contribution in [0.4, 0.5) is 5.69 Å². The minimum absolute atomic E-state index is 0.200. The molecule has 0 saturated carbocycles. The van der Waals surface area contributed by atoms with Gasteiger partial charge in [-0.15, -0.1) is 0 Å². The maximum Gasteiger partial charge on any atom is 0.236 e. The number of rotatable bonds is 6. The smallest absolute Gasteiger partial charge is 0.236 e. The highest BCUT2D eigenvalue weighted by Crippen LogP contribution is 2.15. The molecule has 1 fully saturated rings. The van der Waals surface area contributed by atoms with Gasteiger partial charge in [-0.3, -0.25) is 9.69 Å². The topological polar surface area (TPSA) is 30.0 Å². The van der Waals surface area contributed by atoms with Gasteiger partial charge in [-0.1, -0.05) is 12.1 Å². The summed E-state index contributed by atoms with van der Waals surface area (Å²) in [6.07, 6.45) is 2.40.